The number of thiophene rings is 1. The van der Waals surface area contributed by atoms with Crippen LogP contribution in [-0.2, 0) is 4.79 Å². The molecule has 1 aromatic rings. The first-order chi connectivity index (χ1) is 14.1. The summed E-state index contributed by atoms with van der Waals surface area (Å²) in [5.74, 6) is -0.653. The van der Waals surface area contributed by atoms with Gasteiger partial charge >= 0.3 is 0 Å². The highest BCUT2D eigenvalue weighted by Crippen LogP contribution is 2.12. The Bertz CT molecular complexity index is 546. The van der Waals surface area contributed by atoms with E-state index >= 15 is 0 Å². The van der Waals surface area contributed by atoms with Crippen molar-refractivity contribution in [1.29, 1.82) is 0 Å². The Morgan fingerprint density at radius 1 is 0.966 bits per heavy atom. The van der Waals surface area contributed by atoms with E-state index < -0.39 is 12.1 Å². The van der Waals surface area contributed by atoms with Gasteiger partial charge in [0.15, 0.2) is 0 Å². The summed E-state index contributed by atoms with van der Waals surface area (Å²) in [6, 6.07) is 2.55. The van der Waals surface area contributed by atoms with E-state index in [0.717, 1.165) is 12.8 Å². The monoisotopic (exact) mass is 424 g/mol. The first-order valence-corrected chi connectivity index (χ1v) is 12.2. The fourth-order valence-electron chi connectivity index (χ4n) is 3.31. The maximum atomic E-state index is 12.3. The zero-order valence-corrected chi connectivity index (χ0v) is 19.1. The Balaban J connectivity index is 2.06. The van der Waals surface area contributed by atoms with Gasteiger partial charge < -0.3 is 15.7 Å². The van der Waals surface area contributed by atoms with Crippen LogP contribution in [0.3, 0.4) is 0 Å². The van der Waals surface area contributed by atoms with Crippen molar-refractivity contribution < 1.29 is 14.7 Å². The van der Waals surface area contributed by atoms with Crippen LogP contribution in [0.25, 0.3) is 0 Å². The molecule has 6 heteroatoms. The molecule has 2 unspecified atom stereocenters. The lowest BCUT2D eigenvalue weighted by Crippen LogP contribution is -2.52. The zero-order valence-electron chi connectivity index (χ0n) is 18.3. The lowest BCUT2D eigenvalue weighted by atomic mass is 10.1. The zero-order chi connectivity index (χ0) is 21.3. The van der Waals surface area contributed by atoms with E-state index in [1.807, 2.05) is 0 Å². The van der Waals surface area contributed by atoms with Gasteiger partial charge in [-0.3, -0.25) is 9.59 Å². The third kappa shape index (κ3) is 12.0. The molecule has 0 aromatic carbocycles. The molecule has 2 atom stereocenters. The van der Waals surface area contributed by atoms with Gasteiger partial charge in [-0.25, -0.2) is 0 Å². The molecule has 0 radical (unpaired) electrons. The molecule has 0 aliphatic carbocycles. The van der Waals surface area contributed by atoms with E-state index in [-0.39, 0.29) is 11.8 Å². The average molecular weight is 425 g/mol. The number of hydrogen-bond donors (Lipinski definition) is 3. The highest BCUT2D eigenvalue weighted by molar-refractivity contribution is 7.12. The second-order valence-electron chi connectivity index (χ2n) is 7.85. The average Bonchev–Trinajstić information content (AvgIpc) is 3.24. The number of carbonyl (C=O) groups excluding carboxylic acids is 2. The Morgan fingerprint density at radius 3 is 2.00 bits per heavy atom. The summed E-state index contributed by atoms with van der Waals surface area (Å²) in [5.41, 5.74) is 0. The highest BCUT2D eigenvalue weighted by atomic mass is 32.1. The molecule has 0 aliphatic rings. The molecule has 0 bridgehead atoms. The van der Waals surface area contributed by atoms with Gasteiger partial charge in [0.1, 0.15) is 6.04 Å². The van der Waals surface area contributed by atoms with Crippen molar-refractivity contribution in [3.63, 3.8) is 0 Å². The Labute approximate surface area is 180 Å². The van der Waals surface area contributed by atoms with Gasteiger partial charge in [0.05, 0.1) is 11.0 Å². The van der Waals surface area contributed by atoms with Crippen LogP contribution in [0.2, 0.25) is 0 Å². The SMILES string of the molecule is CCCCCCCCCCCCCCNC(=O)C(NC(=O)c1cccs1)C(C)O. The van der Waals surface area contributed by atoms with E-state index in [0.29, 0.717) is 11.4 Å². The van der Waals surface area contributed by atoms with Crippen molar-refractivity contribution in [3.05, 3.63) is 22.4 Å². The summed E-state index contributed by atoms with van der Waals surface area (Å²) in [4.78, 5) is 25.0. The van der Waals surface area contributed by atoms with Crippen molar-refractivity contribution in [2.24, 2.45) is 0 Å². The second-order valence-corrected chi connectivity index (χ2v) is 8.80. The van der Waals surface area contributed by atoms with E-state index in [1.165, 1.54) is 82.5 Å². The van der Waals surface area contributed by atoms with Gasteiger partial charge in [-0.05, 0) is 24.8 Å². The van der Waals surface area contributed by atoms with E-state index in [2.05, 4.69) is 17.6 Å². The van der Waals surface area contributed by atoms with Crippen LogP contribution in [0.5, 0.6) is 0 Å². The van der Waals surface area contributed by atoms with Crippen LogP contribution in [0.1, 0.15) is 101 Å². The molecule has 0 fully saturated rings. The topological polar surface area (TPSA) is 78.4 Å². The molecule has 0 aliphatic heterocycles. The maximum Gasteiger partial charge on any atom is 0.262 e. The third-order valence-electron chi connectivity index (χ3n) is 5.13. The van der Waals surface area contributed by atoms with Gasteiger partial charge in [-0.15, -0.1) is 11.3 Å². The van der Waals surface area contributed by atoms with E-state index in [4.69, 9.17) is 0 Å². The fourth-order valence-corrected chi connectivity index (χ4v) is 3.94. The predicted octanol–water partition coefficient (Wildman–Crippen LogP) is 5.04. The first kappa shape index (κ1) is 25.6. The molecule has 0 saturated carbocycles. The standard InChI is InChI=1S/C23H40N2O3S/c1-3-4-5-6-7-8-9-10-11-12-13-14-17-24-23(28)21(19(2)26)25-22(27)20-16-15-18-29-20/h15-16,18-19,21,26H,3-14,17H2,1-2H3,(H,24,28)(H,25,27). The molecular weight excluding hydrogens is 384 g/mol. The van der Waals surface area contributed by atoms with Crippen molar-refractivity contribution in [1.82, 2.24) is 10.6 Å². The predicted molar refractivity (Wildman–Crippen MR) is 121 cm³/mol. The molecule has 0 saturated heterocycles. The van der Waals surface area contributed by atoms with Crippen LogP contribution in [0, 0.1) is 0 Å². The van der Waals surface area contributed by atoms with Gasteiger partial charge in [-0.2, -0.15) is 0 Å². The molecule has 1 aromatic heterocycles. The molecule has 2 amide bonds. The van der Waals surface area contributed by atoms with Crippen LogP contribution >= 0.6 is 11.3 Å². The summed E-state index contributed by atoms with van der Waals surface area (Å²) >= 11 is 1.31. The van der Waals surface area contributed by atoms with Gasteiger partial charge in [0, 0.05) is 6.54 Å². The van der Waals surface area contributed by atoms with Crippen LogP contribution in [-0.4, -0.2) is 35.6 Å². The third-order valence-corrected chi connectivity index (χ3v) is 5.99. The smallest absolute Gasteiger partial charge is 0.262 e. The lowest BCUT2D eigenvalue weighted by Gasteiger charge is -2.20. The molecular formula is C23H40N2O3S. The minimum Gasteiger partial charge on any atom is -0.391 e. The van der Waals surface area contributed by atoms with Crippen LogP contribution < -0.4 is 10.6 Å². The Morgan fingerprint density at radius 2 is 1.52 bits per heavy atom. The lowest BCUT2D eigenvalue weighted by molar-refractivity contribution is -0.125. The summed E-state index contributed by atoms with van der Waals surface area (Å²) in [7, 11) is 0. The van der Waals surface area contributed by atoms with Crippen LogP contribution in [0.4, 0.5) is 0 Å². The molecule has 5 nitrogen and oxygen atoms in total. The number of hydrogen-bond acceptors (Lipinski definition) is 4. The number of rotatable bonds is 17. The molecule has 3 N–H and O–H groups in total. The van der Waals surface area contributed by atoms with Gasteiger partial charge in [-0.1, -0.05) is 83.6 Å². The van der Waals surface area contributed by atoms with Crippen molar-refractivity contribution >= 4 is 23.2 Å². The second kappa shape index (κ2) is 16.4. The summed E-state index contributed by atoms with van der Waals surface area (Å²) in [6.45, 7) is 4.35. The number of aliphatic hydroxyl groups excluding tert-OH is 1. The number of nitrogens with one attached hydrogen (secondary N) is 2. The Hall–Kier alpha value is -1.40. The first-order valence-electron chi connectivity index (χ1n) is 11.4. The van der Waals surface area contributed by atoms with Gasteiger partial charge in [0.25, 0.3) is 5.91 Å². The molecule has 1 rings (SSSR count). The summed E-state index contributed by atoms with van der Waals surface area (Å²) < 4.78 is 0. The number of unbranched alkanes of at least 4 members (excludes halogenated alkanes) is 11. The highest BCUT2D eigenvalue weighted by Gasteiger charge is 2.25. The van der Waals surface area contributed by atoms with Crippen molar-refractivity contribution in [2.45, 2.75) is 103 Å². The molecule has 29 heavy (non-hydrogen) atoms. The minimum absolute atomic E-state index is 0.326. The van der Waals surface area contributed by atoms with Crippen molar-refractivity contribution in [2.75, 3.05) is 6.54 Å². The van der Waals surface area contributed by atoms with Crippen LogP contribution in [0.15, 0.2) is 17.5 Å². The normalized spacial score (nSPS) is 13.1. The van der Waals surface area contributed by atoms with E-state index in [9.17, 15) is 14.7 Å². The molecule has 0 spiro atoms. The van der Waals surface area contributed by atoms with Gasteiger partial charge in [0.2, 0.25) is 5.91 Å². The van der Waals surface area contributed by atoms with E-state index in [1.54, 1.807) is 17.5 Å². The molecule has 1 heterocycles. The quantitative estimate of drug-likeness (QED) is 0.306. The van der Waals surface area contributed by atoms with Crippen molar-refractivity contribution in [3.8, 4) is 0 Å². The summed E-state index contributed by atoms with van der Waals surface area (Å²) in [6.07, 6.45) is 14.4. The fraction of sp³-hybridized carbons (Fsp3) is 0.739. The molecule has 166 valence electrons. The summed E-state index contributed by atoms with van der Waals surface area (Å²) in [5, 5.41) is 17.1. The maximum absolute atomic E-state index is 12.3. The Kier molecular flexibility index (Phi) is 14.5. The number of aliphatic hydroxyl groups is 1. The number of carbonyl (C=O) groups is 2. The minimum atomic E-state index is -0.944. The number of amides is 2. The largest absolute Gasteiger partial charge is 0.391 e.